The van der Waals surface area contributed by atoms with Crippen LogP contribution in [0.1, 0.15) is 24.6 Å². The Bertz CT molecular complexity index is 479. The Kier molecular flexibility index (Phi) is 2.29. The molecule has 1 aliphatic carbocycles. The Morgan fingerprint density at radius 3 is 2.87 bits per heavy atom. The molecule has 2 aromatic heterocycles. The van der Waals surface area contributed by atoms with E-state index in [0.717, 1.165) is 21.0 Å². The fraction of sp³-hybridized carbons (Fsp3) is 0.300. The van der Waals surface area contributed by atoms with Gasteiger partial charge in [-0.25, -0.2) is 14.3 Å². The number of nitrogens with zero attached hydrogens (tertiary/aromatic N) is 3. The molecule has 0 atom stereocenters. The maximum atomic E-state index is 4.57. The van der Waals surface area contributed by atoms with E-state index in [4.69, 9.17) is 0 Å². The number of halogens is 1. The maximum Gasteiger partial charge on any atom is 0.133 e. The third-order valence-corrected chi connectivity index (χ3v) is 3.52. The Labute approximate surface area is 99.9 Å². The highest BCUT2D eigenvalue weighted by Crippen LogP contribution is 2.39. The summed E-state index contributed by atoms with van der Waals surface area (Å²) in [4.78, 5) is 10.1. The van der Waals surface area contributed by atoms with Crippen molar-refractivity contribution in [3.8, 4) is 10.6 Å². The van der Waals surface area contributed by atoms with Crippen molar-refractivity contribution < 1.29 is 0 Å². The highest BCUT2D eigenvalue weighted by Gasteiger charge is 2.27. The summed E-state index contributed by atoms with van der Waals surface area (Å²) in [6.45, 7) is 0. The number of rotatable bonds is 2. The largest absolute Gasteiger partial charge is 0.232 e. The molecule has 1 fully saturated rings. The smallest absolute Gasteiger partial charge is 0.133 e. The van der Waals surface area contributed by atoms with Gasteiger partial charge in [-0.15, -0.1) is 0 Å². The molecule has 0 saturated heterocycles. The molecule has 0 aliphatic heterocycles. The van der Waals surface area contributed by atoms with Gasteiger partial charge in [0.2, 0.25) is 0 Å². The second kappa shape index (κ2) is 3.64. The summed E-state index contributed by atoms with van der Waals surface area (Å²) in [5.41, 5.74) is 0.973. The van der Waals surface area contributed by atoms with Crippen molar-refractivity contribution in [3.63, 3.8) is 0 Å². The van der Waals surface area contributed by atoms with Gasteiger partial charge >= 0.3 is 0 Å². The first-order valence-electron chi connectivity index (χ1n) is 4.78. The van der Waals surface area contributed by atoms with Crippen LogP contribution in [-0.2, 0) is 0 Å². The van der Waals surface area contributed by atoms with E-state index in [0.29, 0.717) is 5.92 Å². The van der Waals surface area contributed by atoms with E-state index in [1.54, 1.807) is 6.20 Å². The Morgan fingerprint density at radius 1 is 1.33 bits per heavy atom. The summed E-state index contributed by atoms with van der Waals surface area (Å²) < 4.78 is 4.95. The molecule has 0 unspecified atom stereocenters. The normalized spacial score (nSPS) is 15.5. The van der Waals surface area contributed by atoms with Crippen molar-refractivity contribution in [2.45, 2.75) is 18.8 Å². The zero-order valence-electron chi connectivity index (χ0n) is 7.85. The zero-order chi connectivity index (χ0) is 10.3. The lowest BCUT2D eigenvalue weighted by atomic mass is 10.3. The molecule has 1 saturated carbocycles. The van der Waals surface area contributed by atoms with E-state index in [1.807, 2.05) is 12.1 Å². The average Bonchev–Trinajstić information content (AvgIpc) is 2.93. The predicted molar refractivity (Wildman–Crippen MR) is 62.8 cm³/mol. The van der Waals surface area contributed by atoms with Gasteiger partial charge in [-0.3, -0.25) is 0 Å². The fourth-order valence-corrected chi connectivity index (χ4v) is 2.39. The maximum absolute atomic E-state index is 4.57. The molecule has 15 heavy (non-hydrogen) atoms. The molecule has 0 bridgehead atoms. The van der Waals surface area contributed by atoms with Crippen LogP contribution < -0.4 is 0 Å². The predicted octanol–water partition coefficient (Wildman–Crippen LogP) is 3.24. The molecular weight excluding hydrogens is 274 g/mol. The van der Waals surface area contributed by atoms with Crippen molar-refractivity contribution in [3.05, 3.63) is 28.8 Å². The number of hydrogen-bond acceptors (Lipinski definition) is 4. The van der Waals surface area contributed by atoms with Crippen molar-refractivity contribution in [1.29, 1.82) is 0 Å². The first-order chi connectivity index (χ1) is 7.33. The van der Waals surface area contributed by atoms with Crippen LogP contribution in [0.3, 0.4) is 0 Å². The van der Waals surface area contributed by atoms with E-state index in [2.05, 4.69) is 30.3 Å². The quantitative estimate of drug-likeness (QED) is 0.794. The first kappa shape index (κ1) is 9.42. The van der Waals surface area contributed by atoms with Crippen LogP contribution >= 0.6 is 27.5 Å². The zero-order valence-corrected chi connectivity index (χ0v) is 10.3. The second-order valence-electron chi connectivity index (χ2n) is 3.59. The van der Waals surface area contributed by atoms with Crippen LogP contribution in [0.2, 0.25) is 0 Å². The van der Waals surface area contributed by atoms with Gasteiger partial charge in [-0.2, -0.15) is 0 Å². The third kappa shape index (κ3) is 1.94. The van der Waals surface area contributed by atoms with Crippen LogP contribution in [0.5, 0.6) is 0 Å². The molecule has 3 nitrogen and oxygen atoms in total. The molecule has 0 radical (unpaired) electrons. The van der Waals surface area contributed by atoms with Crippen molar-refractivity contribution >= 4 is 27.5 Å². The number of aromatic nitrogens is 3. The molecule has 2 aromatic rings. The molecule has 3 rings (SSSR count). The van der Waals surface area contributed by atoms with Crippen molar-refractivity contribution in [1.82, 2.24) is 14.3 Å². The van der Waals surface area contributed by atoms with Crippen LogP contribution in [0, 0.1) is 0 Å². The van der Waals surface area contributed by atoms with Gasteiger partial charge in [0.25, 0.3) is 0 Å². The third-order valence-electron chi connectivity index (χ3n) is 2.34. The van der Waals surface area contributed by atoms with Gasteiger partial charge in [0.1, 0.15) is 10.4 Å². The molecule has 5 heteroatoms. The molecule has 2 heterocycles. The SMILES string of the molecule is Brc1cc(-c2ccns2)nc(C2CC2)n1. The average molecular weight is 282 g/mol. The minimum atomic E-state index is 0.578. The molecule has 0 aromatic carbocycles. The van der Waals surface area contributed by atoms with Gasteiger partial charge in [0.15, 0.2) is 0 Å². The van der Waals surface area contributed by atoms with Crippen LogP contribution in [0.25, 0.3) is 10.6 Å². The van der Waals surface area contributed by atoms with Crippen molar-refractivity contribution in [2.24, 2.45) is 0 Å². The van der Waals surface area contributed by atoms with E-state index in [1.165, 1.54) is 24.4 Å². The lowest BCUT2D eigenvalue weighted by Crippen LogP contribution is -1.94. The monoisotopic (exact) mass is 281 g/mol. The molecular formula is C10H8BrN3S. The second-order valence-corrected chi connectivity index (χ2v) is 5.23. The van der Waals surface area contributed by atoms with Crippen LogP contribution in [0.4, 0.5) is 0 Å². The van der Waals surface area contributed by atoms with E-state index >= 15 is 0 Å². The first-order valence-corrected chi connectivity index (χ1v) is 6.35. The van der Waals surface area contributed by atoms with Crippen LogP contribution in [-0.4, -0.2) is 14.3 Å². The lowest BCUT2D eigenvalue weighted by molar-refractivity contribution is 0.920. The summed E-state index contributed by atoms with van der Waals surface area (Å²) in [5, 5.41) is 0. The summed E-state index contributed by atoms with van der Waals surface area (Å²) in [7, 11) is 0. The van der Waals surface area contributed by atoms with E-state index in [-0.39, 0.29) is 0 Å². The Balaban J connectivity index is 2.07. The van der Waals surface area contributed by atoms with Crippen molar-refractivity contribution in [2.75, 3.05) is 0 Å². The fourth-order valence-electron chi connectivity index (χ4n) is 1.43. The van der Waals surface area contributed by atoms with Gasteiger partial charge in [0.05, 0.1) is 10.6 Å². The highest BCUT2D eigenvalue weighted by molar-refractivity contribution is 9.10. The highest BCUT2D eigenvalue weighted by atomic mass is 79.9. The van der Waals surface area contributed by atoms with Crippen LogP contribution in [0.15, 0.2) is 22.9 Å². The topological polar surface area (TPSA) is 38.7 Å². The summed E-state index contributed by atoms with van der Waals surface area (Å²) in [6, 6.07) is 3.93. The summed E-state index contributed by atoms with van der Waals surface area (Å²) >= 11 is 4.89. The molecule has 1 aliphatic rings. The van der Waals surface area contributed by atoms with Gasteiger partial charge in [0, 0.05) is 12.1 Å². The molecule has 0 amide bonds. The Hall–Kier alpha value is -0.810. The molecule has 0 spiro atoms. The summed E-state index contributed by atoms with van der Waals surface area (Å²) in [6.07, 6.45) is 4.24. The number of hydrogen-bond donors (Lipinski definition) is 0. The minimum Gasteiger partial charge on any atom is -0.232 e. The Morgan fingerprint density at radius 2 is 2.20 bits per heavy atom. The van der Waals surface area contributed by atoms with Gasteiger partial charge in [-0.1, -0.05) is 0 Å². The minimum absolute atomic E-state index is 0.578. The molecule has 0 N–H and O–H groups in total. The van der Waals surface area contributed by atoms with E-state index in [9.17, 15) is 0 Å². The standard InChI is InChI=1S/C10H8BrN3S/c11-9-5-7(8-3-4-12-15-8)13-10(14-9)6-1-2-6/h3-6H,1-2H2. The van der Waals surface area contributed by atoms with Gasteiger partial charge in [-0.05, 0) is 52.4 Å². The van der Waals surface area contributed by atoms with Gasteiger partial charge < -0.3 is 0 Å². The molecule has 76 valence electrons. The summed E-state index contributed by atoms with van der Waals surface area (Å²) in [5.74, 6) is 1.54. The lowest BCUT2D eigenvalue weighted by Gasteiger charge is -2.01. The van der Waals surface area contributed by atoms with E-state index < -0.39 is 0 Å².